The number of benzene rings is 2. The Hall–Kier alpha value is -4.08. The standard InChI is InChI=1S/C25H27N5O5/c1-15-11-16(12-17-14-26-29-21(15)17)13-20(22(31)34-2)27-23(32)30-9-7-25(8-10-30)18-5-3-4-6-19(18)28-24(33)35-25/h3-6,11-12,14,20H,7-10,13H2,1-2H3,(H,26,29)(H,27,32)(H,28,33)/t20-/m1/s1. The molecule has 3 aromatic rings. The fourth-order valence-electron chi connectivity index (χ4n) is 5.04. The Labute approximate surface area is 202 Å². The molecule has 2 aliphatic rings. The van der Waals surface area contributed by atoms with Crippen molar-refractivity contribution < 1.29 is 23.9 Å². The van der Waals surface area contributed by atoms with E-state index in [-0.39, 0.29) is 12.5 Å². The maximum absolute atomic E-state index is 13.1. The molecule has 5 rings (SSSR count). The maximum atomic E-state index is 13.1. The molecule has 2 aromatic carbocycles. The number of methoxy groups -OCH3 is 1. The molecule has 1 fully saturated rings. The highest BCUT2D eigenvalue weighted by molar-refractivity contribution is 5.89. The minimum absolute atomic E-state index is 0.287. The Morgan fingerprint density at radius 1 is 1.26 bits per heavy atom. The number of nitrogens with one attached hydrogen (secondary N) is 3. The number of anilines is 1. The number of carbonyl (C=O) groups is 3. The van der Waals surface area contributed by atoms with Gasteiger partial charge in [0.25, 0.3) is 0 Å². The molecule has 0 saturated carbocycles. The number of aromatic nitrogens is 2. The van der Waals surface area contributed by atoms with Crippen LogP contribution in [0.4, 0.5) is 15.3 Å². The molecule has 182 valence electrons. The van der Waals surface area contributed by atoms with Gasteiger partial charge in [0, 0.05) is 43.3 Å². The van der Waals surface area contributed by atoms with E-state index in [1.165, 1.54) is 7.11 Å². The second kappa shape index (κ2) is 8.94. The second-order valence-corrected chi connectivity index (χ2v) is 9.02. The highest BCUT2D eigenvalue weighted by Crippen LogP contribution is 2.43. The average molecular weight is 478 g/mol. The molecular formula is C25H27N5O5. The molecule has 0 aliphatic carbocycles. The first kappa shape index (κ1) is 22.7. The van der Waals surface area contributed by atoms with E-state index in [0.717, 1.165) is 33.3 Å². The summed E-state index contributed by atoms with van der Waals surface area (Å²) in [6.07, 6.45) is 2.45. The van der Waals surface area contributed by atoms with Crippen molar-refractivity contribution in [3.63, 3.8) is 0 Å². The van der Waals surface area contributed by atoms with E-state index >= 15 is 0 Å². The zero-order valence-electron chi connectivity index (χ0n) is 19.6. The van der Waals surface area contributed by atoms with Gasteiger partial charge in [-0.3, -0.25) is 10.4 Å². The van der Waals surface area contributed by atoms with Crippen LogP contribution in [0.2, 0.25) is 0 Å². The topological polar surface area (TPSA) is 126 Å². The summed E-state index contributed by atoms with van der Waals surface area (Å²) in [5, 5.41) is 13.5. The number of ether oxygens (including phenoxy) is 2. The smallest absolute Gasteiger partial charge is 0.412 e. The molecule has 35 heavy (non-hydrogen) atoms. The van der Waals surface area contributed by atoms with E-state index < -0.39 is 23.7 Å². The number of rotatable bonds is 4. The summed E-state index contributed by atoms with van der Waals surface area (Å²) in [5.74, 6) is -0.516. The molecule has 0 bridgehead atoms. The number of urea groups is 1. The van der Waals surface area contributed by atoms with Gasteiger partial charge in [-0.25, -0.2) is 14.4 Å². The minimum Gasteiger partial charge on any atom is -0.467 e. The Kier molecular flexibility index (Phi) is 5.80. The van der Waals surface area contributed by atoms with E-state index in [0.29, 0.717) is 25.9 Å². The van der Waals surface area contributed by atoms with Crippen LogP contribution in [-0.2, 0) is 26.3 Å². The molecule has 0 unspecified atom stereocenters. The van der Waals surface area contributed by atoms with Crippen molar-refractivity contribution in [1.82, 2.24) is 20.4 Å². The predicted molar refractivity (Wildman–Crippen MR) is 128 cm³/mol. The first-order valence-electron chi connectivity index (χ1n) is 11.5. The Balaban J connectivity index is 1.28. The van der Waals surface area contributed by atoms with Gasteiger partial charge >= 0.3 is 18.1 Å². The zero-order valence-corrected chi connectivity index (χ0v) is 19.6. The highest BCUT2D eigenvalue weighted by atomic mass is 16.6. The molecule has 1 aromatic heterocycles. The number of para-hydroxylation sites is 1. The largest absolute Gasteiger partial charge is 0.467 e. The van der Waals surface area contributed by atoms with Crippen LogP contribution < -0.4 is 10.6 Å². The quantitative estimate of drug-likeness (QED) is 0.496. The lowest BCUT2D eigenvalue weighted by molar-refractivity contribution is -0.142. The Morgan fingerprint density at radius 3 is 2.80 bits per heavy atom. The van der Waals surface area contributed by atoms with Gasteiger partial charge in [0.1, 0.15) is 11.6 Å². The SMILES string of the molecule is COC(=O)[C@@H](Cc1cc(C)c2[nH]ncc2c1)NC(=O)N1CCC2(CC1)OC(=O)Nc1ccccc12. The van der Waals surface area contributed by atoms with Crippen molar-refractivity contribution in [3.05, 3.63) is 59.3 Å². The number of aryl methyl sites for hydroxylation is 1. The molecular weight excluding hydrogens is 450 g/mol. The van der Waals surface area contributed by atoms with Gasteiger partial charge in [-0.05, 0) is 30.2 Å². The third-order valence-electron chi connectivity index (χ3n) is 6.83. The molecule has 3 amide bonds. The van der Waals surface area contributed by atoms with Crippen molar-refractivity contribution in [2.24, 2.45) is 0 Å². The number of hydrogen-bond donors (Lipinski definition) is 3. The summed E-state index contributed by atoms with van der Waals surface area (Å²) < 4.78 is 10.7. The summed E-state index contributed by atoms with van der Waals surface area (Å²) in [7, 11) is 1.31. The summed E-state index contributed by atoms with van der Waals surface area (Å²) >= 11 is 0. The summed E-state index contributed by atoms with van der Waals surface area (Å²) in [6, 6.07) is 10.3. The molecule has 10 heteroatoms. The second-order valence-electron chi connectivity index (χ2n) is 9.02. The molecule has 3 heterocycles. The first-order valence-corrected chi connectivity index (χ1v) is 11.5. The van der Waals surface area contributed by atoms with Crippen molar-refractivity contribution in [2.45, 2.75) is 37.8 Å². The van der Waals surface area contributed by atoms with Gasteiger partial charge in [0.15, 0.2) is 0 Å². The van der Waals surface area contributed by atoms with E-state index in [4.69, 9.17) is 9.47 Å². The van der Waals surface area contributed by atoms with Crippen molar-refractivity contribution in [3.8, 4) is 0 Å². The van der Waals surface area contributed by atoms with Crippen LogP contribution in [0, 0.1) is 6.92 Å². The van der Waals surface area contributed by atoms with Gasteiger partial charge in [0.2, 0.25) is 0 Å². The van der Waals surface area contributed by atoms with E-state index in [2.05, 4.69) is 20.8 Å². The number of fused-ring (bicyclic) bond motifs is 3. The van der Waals surface area contributed by atoms with Crippen LogP contribution in [0.25, 0.3) is 10.9 Å². The van der Waals surface area contributed by atoms with Crippen LogP contribution in [0.15, 0.2) is 42.6 Å². The third kappa shape index (κ3) is 4.27. The lowest BCUT2D eigenvalue weighted by Gasteiger charge is -2.44. The van der Waals surface area contributed by atoms with Crippen LogP contribution in [0.5, 0.6) is 0 Å². The molecule has 2 aliphatic heterocycles. The van der Waals surface area contributed by atoms with Gasteiger partial charge in [0.05, 0.1) is 24.5 Å². The molecule has 3 N–H and O–H groups in total. The van der Waals surface area contributed by atoms with Crippen molar-refractivity contribution >= 4 is 34.7 Å². The first-order chi connectivity index (χ1) is 16.9. The van der Waals surface area contributed by atoms with Crippen LogP contribution in [0.3, 0.4) is 0 Å². The van der Waals surface area contributed by atoms with E-state index in [1.807, 2.05) is 43.3 Å². The molecule has 1 spiro atoms. The average Bonchev–Trinajstić information content (AvgIpc) is 3.33. The number of piperidine rings is 1. The number of hydrogen-bond acceptors (Lipinski definition) is 6. The number of aromatic amines is 1. The fraction of sp³-hybridized carbons (Fsp3) is 0.360. The Morgan fingerprint density at radius 2 is 2.03 bits per heavy atom. The number of H-pyrrole nitrogens is 1. The number of nitrogens with zero attached hydrogens (tertiary/aromatic N) is 2. The van der Waals surface area contributed by atoms with Gasteiger partial charge in [-0.15, -0.1) is 0 Å². The summed E-state index contributed by atoms with van der Waals surface area (Å²) in [6.45, 7) is 2.72. The number of amides is 3. The van der Waals surface area contributed by atoms with E-state index in [1.54, 1.807) is 11.1 Å². The van der Waals surface area contributed by atoms with Crippen LogP contribution in [0.1, 0.15) is 29.5 Å². The van der Waals surface area contributed by atoms with Crippen LogP contribution in [-0.4, -0.2) is 59.4 Å². The molecule has 1 atom stereocenters. The van der Waals surface area contributed by atoms with E-state index in [9.17, 15) is 14.4 Å². The third-order valence-corrected chi connectivity index (χ3v) is 6.83. The Bertz CT molecular complexity index is 1290. The maximum Gasteiger partial charge on any atom is 0.412 e. The number of carbonyl (C=O) groups excluding carboxylic acids is 3. The summed E-state index contributed by atoms with van der Waals surface area (Å²) in [4.78, 5) is 39.4. The number of likely N-dealkylation sites (tertiary alicyclic amines) is 1. The lowest BCUT2D eigenvalue weighted by Crippen LogP contribution is -2.54. The fourth-order valence-corrected chi connectivity index (χ4v) is 5.04. The van der Waals surface area contributed by atoms with Crippen molar-refractivity contribution in [1.29, 1.82) is 0 Å². The highest BCUT2D eigenvalue weighted by Gasteiger charge is 2.45. The van der Waals surface area contributed by atoms with Gasteiger partial charge < -0.3 is 19.7 Å². The normalized spacial score (nSPS) is 17.3. The molecule has 0 radical (unpaired) electrons. The minimum atomic E-state index is -0.843. The van der Waals surface area contributed by atoms with Gasteiger partial charge in [-0.2, -0.15) is 5.10 Å². The molecule has 1 saturated heterocycles. The van der Waals surface area contributed by atoms with Crippen LogP contribution >= 0.6 is 0 Å². The molecule has 10 nitrogen and oxygen atoms in total. The zero-order chi connectivity index (χ0) is 24.6. The van der Waals surface area contributed by atoms with Gasteiger partial charge in [-0.1, -0.05) is 24.3 Å². The predicted octanol–water partition coefficient (Wildman–Crippen LogP) is 3.22. The lowest BCUT2D eigenvalue weighted by atomic mass is 9.82. The monoisotopic (exact) mass is 477 g/mol. The summed E-state index contributed by atoms with van der Waals surface area (Å²) in [5.41, 5.74) is 3.71. The van der Waals surface area contributed by atoms with Crippen molar-refractivity contribution in [2.75, 3.05) is 25.5 Å². The number of esters is 1.